The van der Waals surface area contributed by atoms with Crippen molar-refractivity contribution in [2.75, 3.05) is 0 Å². The zero-order valence-electron chi connectivity index (χ0n) is 9.60. The summed E-state index contributed by atoms with van der Waals surface area (Å²) in [7, 11) is 0. The van der Waals surface area contributed by atoms with E-state index in [0.29, 0.717) is 11.4 Å². The van der Waals surface area contributed by atoms with E-state index in [0.717, 1.165) is 18.5 Å². The van der Waals surface area contributed by atoms with E-state index >= 15 is 0 Å². The highest BCUT2D eigenvalue weighted by Gasteiger charge is 2.08. The molecule has 0 saturated heterocycles. The minimum absolute atomic E-state index is 0.481. The topological polar surface area (TPSA) is 43.6 Å². The van der Waals surface area contributed by atoms with Gasteiger partial charge in [-0.05, 0) is 25.5 Å². The predicted molar refractivity (Wildman–Crippen MR) is 62.8 cm³/mol. The summed E-state index contributed by atoms with van der Waals surface area (Å²) < 4.78 is 14.6. The summed E-state index contributed by atoms with van der Waals surface area (Å²) in [5.74, 6) is -0.481. The number of hydrogen-bond donors (Lipinski definition) is 0. The number of aromatic nitrogens is 4. The first kappa shape index (κ1) is 11.4. The number of rotatable bonds is 4. The molecule has 5 heteroatoms. The van der Waals surface area contributed by atoms with Gasteiger partial charge in [-0.2, -0.15) is 4.39 Å². The van der Waals surface area contributed by atoms with Crippen LogP contribution in [0.1, 0.15) is 12.1 Å². The third-order valence-electron chi connectivity index (χ3n) is 2.43. The summed E-state index contributed by atoms with van der Waals surface area (Å²) in [6, 6.07) is 2.99. The number of allylic oxidation sites excluding steroid dienone is 1. The molecule has 0 aliphatic rings. The van der Waals surface area contributed by atoms with Gasteiger partial charge >= 0.3 is 0 Å². The van der Waals surface area contributed by atoms with Crippen molar-refractivity contribution < 1.29 is 4.39 Å². The lowest BCUT2D eigenvalue weighted by Gasteiger charge is -2.00. The van der Waals surface area contributed by atoms with Crippen LogP contribution in [0.2, 0.25) is 0 Å². The highest BCUT2D eigenvalue weighted by molar-refractivity contribution is 5.59. The largest absolute Gasteiger partial charge is 0.252 e. The molecule has 2 heterocycles. The molecule has 0 atom stereocenters. The monoisotopic (exact) mass is 232 g/mol. The molecule has 0 saturated carbocycles. The van der Waals surface area contributed by atoms with Gasteiger partial charge in [0.2, 0.25) is 5.95 Å². The van der Waals surface area contributed by atoms with Crippen LogP contribution in [0, 0.1) is 12.9 Å². The number of halogens is 1. The molecule has 0 fully saturated rings. The molecule has 0 aliphatic heterocycles. The fourth-order valence-electron chi connectivity index (χ4n) is 1.56. The summed E-state index contributed by atoms with van der Waals surface area (Å²) in [5, 5.41) is 8.04. The van der Waals surface area contributed by atoms with Gasteiger partial charge in [0.15, 0.2) is 0 Å². The number of pyridine rings is 1. The molecule has 0 amide bonds. The van der Waals surface area contributed by atoms with Gasteiger partial charge in [-0.15, -0.1) is 11.7 Å². The molecule has 4 nitrogen and oxygen atoms in total. The van der Waals surface area contributed by atoms with E-state index in [4.69, 9.17) is 0 Å². The second-order valence-corrected chi connectivity index (χ2v) is 3.71. The van der Waals surface area contributed by atoms with Crippen LogP contribution >= 0.6 is 0 Å². The lowest BCUT2D eigenvalue weighted by atomic mass is 10.1. The van der Waals surface area contributed by atoms with Crippen molar-refractivity contribution in [1.82, 2.24) is 20.0 Å². The predicted octanol–water partition coefficient (Wildman–Crippen LogP) is 2.36. The zero-order chi connectivity index (χ0) is 12.3. The first-order valence-electron chi connectivity index (χ1n) is 5.35. The van der Waals surface area contributed by atoms with Gasteiger partial charge in [-0.25, -0.2) is 4.98 Å². The van der Waals surface area contributed by atoms with E-state index in [2.05, 4.69) is 21.9 Å². The molecular formula is C12H13FN4. The van der Waals surface area contributed by atoms with Crippen molar-refractivity contribution in [3.05, 3.63) is 42.6 Å². The third kappa shape index (κ3) is 2.55. The molecular weight excluding hydrogens is 219 g/mol. The maximum absolute atomic E-state index is 12.9. The second kappa shape index (κ2) is 4.86. The lowest BCUT2D eigenvalue weighted by Crippen LogP contribution is -1.96. The van der Waals surface area contributed by atoms with Gasteiger partial charge in [0.1, 0.15) is 5.69 Å². The van der Waals surface area contributed by atoms with Crippen molar-refractivity contribution in [3.8, 4) is 11.3 Å². The molecule has 0 radical (unpaired) electrons. The Balaban J connectivity index is 2.27. The van der Waals surface area contributed by atoms with Crippen LogP contribution in [0.15, 0.2) is 31.0 Å². The minimum atomic E-state index is -0.481. The smallest absolute Gasteiger partial charge is 0.213 e. The molecule has 88 valence electrons. The zero-order valence-corrected chi connectivity index (χ0v) is 9.60. The Hall–Kier alpha value is -2.04. The van der Waals surface area contributed by atoms with Crippen LogP contribution in [-0.2, 0) is 6.54 Å². The summed E-state index contributed by atoms with van der Waals surface area (Å²) in [4.78, 5) is 3.76. The lowest BCUT2D eigenvalue weighted by molar-refractivity contribution is 0.580. The third-order valence-corrected chi connectivity index (χ3v) is 2.43. The van der Waals surface area contributed by atoms with E-state index in [-0.39, 0.29) is 0 Å². The van der Waals surface area contributed by atoms with Crippen molar-refractivity contribution in [2.45, 2.75) is 19.9 Å². The summed E-state index contributed by atoms with van der Waals surface area (Å²) in [6.07, 6.45) is 4.49. The Labute approximate surface area is 98.8 Å². The van der Waals surface area contributed by atoms with Crippen molar-refractivity contribution in [1.29, 1.82) is 0 Å². The Bertz CT molecular complexity index is 533. The van der Waals surface area contributed by atoms with Crippen LogP contribution in [-0.4, -0.2) is 20.0 Å². The van der Waals surface area contributed by atoms with Crippen molar-refractivity contribution in [3.63, 3.8) is 0 Å². The maximum atomic E-state index is 12.9. The molecule has 2 aromatic heterocycles. The fourth-order valence-corrected chi connectivity index (χ4v) is 1.56. The van der Waals surface area contributed by atoms with Crippen LogP contribution in [0.25, 0.3) is 11.3 Å². The highest BCUT2D eigenvalue weighted by Crippen LogP contribution is 2.19. The van der Waals surface area contributed by atoms with Crippen LogP contribution in [0.3, 0.4) is 0 Å². The molecule has 0 unspecified atom stereocenters. The maximum Gasteiger partial charge on any atom is 0.213 e. The van der Waals surface area contributed by atoms with E-state index in [1.165, 1.54) is 6.07 Å². The van der Waals surface area contributed by atoms with Gasteiger partial charge in [0, 0.05) is 12.1 Å². The van der Waals surface area contributed by atoms with Crippen LogP contribution < -0.4 is 0 Å². The second-order valence-electron chi connectivity index (χ2n) is 3.71. The molecule has 0 bridgehead atoms. The van der Waals surface area contributed by atoms with Crippen molar-refractivity contribution >= 4 is 0 Å². The van der Waals surface area contributed by atoms with Gasteiger partial charge in [-0.3, -0.25) is 4.68 Å². The Morgan fingerprint density at radius 3 is 3.00 bits per heavy atom. The SMILES string of the molecule is C=CCCn1cc(-c2ccc(F)nc2C)nn1. The number of aryl methyl sites for hydroxylation is 2. The average molecular weight is 232 g/mol. The minimum Gasteiger partial charge on any atom is -0.252 e. The molecule has 0 aliphatic carbocycles. The molecule has 2 aromatic rings. The van der Waals surface area contributed by atoms with E-state index in [1.807, 2.05) is 12.3 Å². The van der Waals surface area contributed by atoms with Gasteiger partial charge < -0.3 is 0 Å². The van der Waals surface area contributed by atoms with Crippen LogP contribution in [0.5, 0.6) is 0 Å². The molecule has 2 rings (SSSR count). The summed E-state index contributed by atoms with van der Waals surface area (Å²) in [5.41, 5.74) is 2.12. The van der Waals surface area contributed by atoms with E-state index in [1.54, 1.807) is 17.7 Å². The number of hydrogen-bond acceptors (Lipinski definition) is 3. The Kier molecular flexibility index (Phi) is 3.27. The van der Waals surface area contributed by atoms with Gasteiger partial charge in [-0.1, -0.05) is 11.3 Å². The Morgan fingerprint density at radius 1 is 1.47 bits per heavy atom. The van der Waals surface area contributed by atoms with Gasteiger partial charge in [0.25, 0.3) is 0 Å². The van der Waals surface area contributed by atoms with Crippen LogP contribution in [0.4, 0.5) is 4.39 Å². The van der Waals surface area contributed by atoms with Gasteiger partial charge in [0.05, 0.1) is 11.9 Å². The van der Waals surface area contributed by atoms with E-state index in [9.17, 15) is 4.39 Å². The molecule has 17 heavy (non-hydrogen) atoms. The molecule has 0 spiro atoms. The standard InChI is InChI=1S/C12H13FN4/c1-3-4-7-17-8-11(15-16-17)10-5-6-12(13)14-9(10)2/h3,5-6,8H,1,4,7H2,2H3. The highest BCUT2D eigenvalue weighted by atomic mass is 19.1. The first-order chi connectivity index (χ1) is 8.20. The molecule has 0 aromatic carbocycles. The normalized spacial score (nSPS) is 10.5. The summed E-state index contributed by atoms with van der Waals surface area (Å²) in [6.45, 7) is 6.14. The summed E-state index contributed by atoms with van der Waals surface area (Å²) >= 11 is 0. The number of nitrogens with zero attached hydrogens (tertiary/aromatic N) is 4. The van der Waals surface area contributed by atoms with Crippen molar-refractivity contribution in [2.24, 2.45) is 0 Å². The molecule has 0 N–H and O–H groups in total. The average Bonchev–Trinajstić information content (AvgIpc) is 2.75. The first-order valence-corrected chi connectivity index (χ1v) is 5.35. The Morgan fingerprint density at radius 2 is 2.29 bits per heavy atom. The fraction of sp³-hybridized carbons (Fsp3) is 0.250. The van der Waals surface area contributed by atoms with E-state index < -0.39 is 5.95 Å². The quantitative estimate of drug-likeness (QED) is 0.600.